The zero-order valence-corrected chi connectivity index (χ0v) is 10.7. The lowest BCUT2D eigenvalue weighted by Crippen LogP contribution is -2.30. The average Bonchev–Trinajstić information content (AvgIpc) is 2.16. The van der Waals surface area contributed by atoms with Gasteiger partial charge in [-0.15, -0.1) is 0 Å². The summed E-state index contributed by atoms with van der Waals surface area (Å²) in [5.74, 6) is 0. The summed E-state index contributed by atoms with van der Waals surface area (Å²) in [5.41, 5.74) is 7.38. The summed E-state index contributed by atoms with van der Waals surface area (Å²) in [4.78, 5) is 6.58. The Kier molecular flexibility index (Phi) is 4.64. The lowest BCUT2D eigenvalue weighted by Gasteiger charge is -2.20. The van der Waals surface area contributed by atoms with Gasteiger partial charge in [-0.05, 0) is 27.1 Å². The summed E-state index contributed by atoms with van der Waals surface area (Å²) in [6.45, 7) is 3.04. The fourth-order valence-electron chi connectivity index (χ4n) is 1.58. The van der Waals surface area contributed by atoms with Gasteiger partial charge >= 0.3 is 0 Å². The van der Waals surface area contributed by atoms with Gasteiger partial charge in [-0.2, -0.15) is 0 Å². The summed E-state index contributed by atoms with van der Waals surface area (Å²) in [6.07, 6.45) is 3.44. The predicted molar refractivity (Wildman–Crippen MR) is 71.8 cm³/mol. The second kappa shape index (κ2) is 5.77. The third kappa shape index (κ3) is 3.75. The predicted octanol–water partition coefficient (Wildman–Crippen LogP) is 1.08. The van der Waals surface area contributed by atoms with Gasteiger partial charge in [0, 0.05) is 24.3 Å². The molecule has 1 aromatic rings. The topological polar surface area (TPSA) is 54.2 Å². The summed E-state index contributed by atoms with van der Waals surface area (Å²) in [7, 11) is 4.08. The van der Waals surface area contributed by atoms with Crippen molar-refractivity contribution >= 4 is 22.9 Å². The highest BCUT2D eigenvalue weighted by Gasteiger charge is 2.08. The SMILES string of the molecule is CC(CN(C)C)Nc1cnccc1C(N)=S. The van der Waals surface area contributed by atoms with E-state index in [1.165, 1.54) is 0 Å². The summed E-state index contributed by atoms with van der Waals surface area (Å²) < 4.78 is 0. The maximum Gasteiger partial charge on any atom is 0.106 e. The van der Waals surface area contributed by atoms with Crippen molar-refractivity contribution in [1.82, 2.24) is 9.88 Å². The smallest absolute Gasteiger partial charge is 0.106 e. The van der Waals surface area contributed by atoms with Gasteiger partial charge in [-0.25, -0.2) is 0 Å². The number of nitrogens with two attached hydrogens (primary N) is 1. The van der Waals surface area contributed by atoms with E-state index in [2.05, 4.69) is 22.1 Å². The van der Waals surface area contributed by atoms with Crippen molar-refractivity contribution in [2.75, 3.05) is 26.0 Å². The molecule has 88 valence electrons. The van der Waals surface area contributed by atoms with Crippen LogP contribution >= 0.6 is 12.2 Å². The van der Waals surface area contributed by atoms with Gasteiger partial charge < -0.3 is 16.0 Å². The van der Waals surface area contributed by atoms with E-state index in [0.717, 1.165) is 17.8 Å². The van der Waals surface area contributed by atoms with Crippen molar-refractivity contribution in [1.29, 1.82) is 0 Å². The number of hydrogen-bond donors (Lipinski definition) is 2. The number of thiocarbonyl (C=S) groups is 1. The minimum Gasteiger partial charge on any atom is -0.389 e. The van der Waals surface area contributed by atoms with E-state index < -0.39 is 0 Å². The van der Waals surface area contributed by atoms with Gasteiger partial charge in [0.15, 0.2) is 0 Å². The molecule has 1 atom stereocenters. The van der Waals surface area contributed by atoms with Crippen LogP contribution in [0, 0.1) is 0 Å². The monoisotopic (exact) mass is 238 g/mol. The van der Waals surface area contributed by atoms with Gasteiger partial charge in [-0.3, -0.25) is 4.98 Å². The number of nitrogens with one attached hydrogen (secondary N) is 1. The highest BCUT2D eigenvalue weighted by molar-refractivity contribution is 7.80. The Morgan fingerprint density at radius 2 is 2.31 bits per heavy atom. The van der Waals surface area contributed by atoms with E-state index in [4.69, 9.17) is 18.0 Å². The molecule has 3 N–H and O–H groups in total. The number of nitrogens with zero attached hydrogens (tertiary/aromatic N) is 2. The molecule has 1 heterocycles. The lowest BCUT2D eigenvalue weighted by atomic mass is 10.2. The van der Waals surface area contributed by atoms with Gasteiger partial charge in [-0.1, -0.05) is 12.2 Å². The molecule has 1 unspecified atom stereocenters. The van der Waals surface area contributed by atoms with Crippen molar-refractivity contribution in [2.24, 2.45) is 5.73 Å². The van der Waals surface area contributed by atoms with Gasteiger partial charge in [0.25, 0.3) is 0 Å². The van der Waals surface area contributed by atoms with Crippen LogP contribution in [0.4, 0.5) is 5.69 Å². The zero-order valence-electron chi connectivity index (χ0n) is 9.90. The molecule has 0 aliphatic carbocycles. The van der Waals surface area contributed by atoms with E-state index in [9.17, 15) is 0 Å². The highest BCUT2D eigenvalue weighted by atomic mass is 32.1. The summed E-state index contributed by atoms with van der Waals surface area (Å²) in [5, 5.41) is 3.35. The van der Waals surface area contributed by atoms with E-state index in [1.807, 2.05) is 20.2 Å². The fourth-order valence-corrected chi connectivity index (χ4v) is 1.76. The maximum atomic E-state index is 5.64. The second-order valence-corrected chi connectivity index (χ2v) is 4.53. The Balaban J connectivity index is 2.76. The molecule has 0 radical (unpaired) electrons. The number of aromatic nitrogens is 1. The number of likely N-dealkylation sites (N-methyl/N-ethyl adjacent to an activating group) is 1. The van der Waals surface area contributed by atoms with E-state index >= 15 is 0 Å². The Hall–Kier alpha value is -1.20. The number of pyridine rings is 1. The Morgan fingerprint density at radius 1 is 1.62 bits per heavy atom. The summed E-state index contributed by atoms with van der Waals surface area (Å²) in [6, 6.07) is 2.14. The standard InChI is InChI=1S/C11H18N4S/c1-8(7-15(2)3)14-10-6-13-5-4-9(10)11(12)16/h4-6,8,14H,7H2,1-3H3,(H2,12,16). The first-order valence-electron chi connectivity index (χ1n) is 5.15. The van der Waals surface area contributed by atoms with Crippen LogP contribution in [0.3, 0.4) is 0 Å². The van der Waals surface area contributed by atoms with Gasteiger partial charge in [0.05, 0.1) is 11.9 Å². The molecular weight excluding hydrogens is 220 g/mol. The van der Waals surface area contributed by atoms with Crippen LogP contribution in [0.25, 0.3) is 0 Å². The van der Waals surface area contributed by atoms with Crippen LogP contribution < -0.4 is 11.1 Å². The molecule has 1 rings (SSSR count). The molecule has 4 nitrogen and oxygen atoms in total. The molecule has 0 aliphatic rings. The molecule has 0 fully saturated rings. The lowest BCUT2D eigenvalue weighted by molar-refractivity contribution is 0.392. The van der Waals surface area contributed by atoms with E-state index in [-0.39, 0.29) is 0 Å². The van der Waals surface area contributed by atoms with Crippen LogP contribution in [-0.2, 0) is 0 Å². The Morgan fingerprint density at radius 3 is 2.88 bits per heavy atom. The number of hydrogen-bond acceptors (Lipinski definition) is 4. The number of anilines is 1. The highest BCUT2D eigenvalue weighted by Crippen LogP contribution is 2.14. The summed E-state index contributed by atoms with van der Waals surface area (Å²) >= 11 is 4.99. The largest absolute Gasteiger partial charge is 0.389 e. The molecule has 16 heavy (non-hydrogen) atoms. The zero-order chi connectivity index (χ0) is 12.1. The maximum absolute atomic E-state index is 5.64. The van der Waals surface area contributed by atoms with Crippen molar-refractivity contribution in [3.8, 4) is 0 Å². The molecule has 0 bridgehead atoms. The minimum absolute atomic E-state index is 0.312. The van der Waals surface area contributed by atoms with Crippen molar-refractivity contribution < 1.29 is 0 Å². The van der Waals surface area contributed by atoms with Crippen LogP contribution in [-0.4, -0.2) is 41.6 Å². The average molecular weight is 238 g/mol. The third-order valence-corrected chi connectivity index (χ3v) is 2.35. The normalized spacial score (nSPS) is 12.5. The number of rotatable bonds is 5. The van der Waals surface area contributed by atoms with Crippen LogP contribution in [0.1, 0.15) is 12.5 Å². The molecular formula is C11H18N4S. The first-order chi connectivity index (χ1) is 7.50. The first-order valence-corrected chi connectivity index (χ1v) is 5.56. The van der Waals surface area contributed by atoms with Crippen LogP contribution in [0.2, 0.25) is 0 Å². The van der Waals surface area contributed by atoms with Crippen molar-refractivity contribution in [2.45, 2.75) is 13.0 Å². The molecule has 5 heteroatoms. The molecule has 0 saturated carbocycles. The van der Waals surface area contributed by atoms with Crippen molar-refractivity contribution in [3.63, 3.8) is 0 Å². The molecule has 0 spiro atoms. The quantitative estimate of drug-likeness (QED) is 0.752. The Labute approximate surface area is 102 Å². The van der Waals surface area contributed by atoms with E-state index in [0.29, 0.717) is 11.0 Å². The van der Waals surface area contributed by atoms with Gasteiger partial charge in [0.1, 0.15) is 4.99 Å². The van der Waals surface area contributed by atoms with Crippen LogP contribution in [0.5, 0.6) is 0 Å². The van der Waals surface area contributed by atoms with Gasteiger partial charge in [0.2, 0.25) is 0 Å². The molecule has 0 amide bonds. The molecule has 1 aromatic heterocycles. The molecule has 0 aromatic carbocycles. The first kappa shape index (κ1) is 12.9. The van der Waals surface area contributed by atoms with Crippen molar-refractivity contribution in [3.05, 3.63) is 24.0 Å². The Bertz CT molecular complexity index is 365. The minimum atomic E-state index is 0.312. The fraction of sp³-hybridized carbons (Fsp3) is 0.455. The second-order valence-electron chi connectivity index (χ2n) is 4.09. The van der Waals surface area contributed by atoms with Crippen LogP contribution in [0.15, 0.2) is 18.5 Å². The molecule has 0 aliphatic heterocycles. The molecule has 0 saturated heterocycles. The third-order valence-electron chi connectivity index (χ3n) is 2.13. The van der Waals surface area contributed by atoms with E-state index in [1.54, 1.807) is 12.4 Å².